The molecule has 0 amide bonds. The summed E-state index contributed by atoms with van der Waals surface area (Å²) in [5.41, 5.74) is 0.583. The molecular formula is C11H21NO. The van der Waals surface area contributed by atoms with Gasteiger partial charge in [0.2, 0.25) is 0 Å². The Morgan fingerprint density at radius 2 is 1.77 bits per heavy atom. The van der Waals surface area contributed by atoms with Crippen LogP contribution in [0, 0.1) is 5.41 Å². The van der Waals surface area contributed by atoms with E-state index in [1.165, 1.54) is 25.7 Å². The van der Waals surface area contributed by atoms with E-state index in [-0.39, 0.29) is 0 Å². The highest BCUT2D eigenvalue weighted by Crippen LogP contribution is 2.37. The summed E-state index contributed by atoms with van der Waals surface area (Å²) in [6.07, 6.45) is 6.14. The SMILES string of the molecule is CCC1(CC)CCN(CC=O)CC1. The van der Waals surface area contributed by atoms with Crippen LogP contribution in [0.5, 0.6) is 0 Å². The Hall–Kier alpha value is -0.370. The second kappa shape index (κ2) is 4.75. The lowest BCUT2D eigenvalue weighted by Gasteiger charge is -2.40. The van der Waals surface area contributed by atoms with Gasteiger partial charge < -0.3 is 4.79 Å². The number of piperidine rings is 1. The molecule has 0 bridgehead atoms. The van der Waals surface area contributed by atoms with E-state index in [1.54, 1.807) is 0 Å². The van der Waals surface area contributed by atoms with Crippen molar-refractivity contribution in [3.05, 3.63) is 0 Å². The molecule has 2 nitrogen and oxygen atoms in total. The average molecular weight is 183 g/mol. The second-order valence-electron chi connectivity index (χ2n) is 4.17. The molecule has 0 spiro atoms. The summed E-state index contributed by atoms with van der Waals surface area (Å²) in [6.45, 7) is 7.43. The summed E-state index contributed by atoms with van der Waals surface area (Å²) in [7, 11) is 0. The van der Waals surface area contributed by atoms with Gasteiger partial charge in [0.1, 0.15) is 6.29 Å². The van der Waals surface area contributed by atoms with Crippen molar-refractivity contribution >= 4 is 6.29 Å². The summed E-state index contributed by atoms with van der Waals surface area (Å²) in [6, 6.07) is 0. The number of hydrogen-bond acceptors (Lipinski definition) is 2. The third-order valence-electron chi connectivity index (χ3n) is 3.75. The molecule has 0 aromatic rings. The highest BCUT2D eigenvalue weighted by molar-refractivity contribution is 5.51. The number of aldehydes is 1. The third-order valence-corrected chi connectivity index (χ3v) is 3.75. The van der Waals surface area contributed by atoms with Crippen LogP contribution in [0.3, 0.4) is 0 Å². The Bertz CT molecular complexity index is 153. The fourth-order valence-electron chi connectivity index (χ4n) is 2.27. The van der Waals surface area contributed by atoms with Crippen LogP contribution < -0.4 is 0 Å². The van der Waals surface area contributed by atoms with Crippen molar-refractivity contribution in [2.45, 2.75) is 39.5 Å². The van der Waals surface area contributed by atoms with Crippen LogP contribution in [0.25, 0.3) is 0 Å². The monoisotopic (exact) mass is 183 g/mol. The van der Waals surface area contributed by atoms with Crippen LogP contribution >= 0.6 is 0 Å². The molecule has 1 aliphatic rings. The molecular weight excluding hydrogens is 162 g/mol. The molecule has 1 rings (SSSR count). The van der Waals surface area contributed by atoms with Gasteiger partial charge in [-0.05, 0) is 31.3 Å². The first-order valence-corrected chi connectivity index (χ1v) is 5.42. The van der Waals surface area contributed by atoms with E-state index in [9.17, 15) is 4.79 Å². The number of rotatable bonds is 4. The largest absolute Gasteiger partial charge is 0.302 e. The zero-order valence-electron chi connectivity index (χ0n) is 8.88. The van der Waals surface area contributed by atoms with Crippen LogP contribution in [-0.2, 0) is 4.79 Å². The summed E-state index contributed by atoms with van der Waals surface area (Å²) < 4.78 is 0. The summed E-state index contributed by atoms with van der Waals surface area (Å²) in [5.74, 6) is 0. The zero-order valence-corrected chi connectivity index (χ0v) is 8.88. The predicted molar refractivity (Wildman–Crippen MR) is 54.8 cm³/mol. The van der Waals surface area contributed by atoms with Crippen LogP contribution in [-0.4, -0.2) is 30.8 Å². The van der Waals surface area contributed by atoms with Gasteiger partial charge in [-0.1, -0.05) is 26.7 Å². The number of carbonyl (C=O) groups excluding carboxylic acids is 1. The molecule has 0 radical (unpaired) electrons. The standard InChI is InChI=1S/C11H21NO/c1-3-11(4-2)5-7-12(8-6-11)9-10-13/h10H,3-9H2,1-2H3. The Morgan fingerprint density at radius 3 is 2.15 bits per heavy atom. The molecule has 0 aliphatic carbocycles. The smallest absolute Gasteiger partial charge is 0.133 e. The minimum absolute atomic E-state index is 0.583. The van der Waals surface area contributed by atoms with E-state index in [1.807, 2.05) is 0 Å². The van der Waals surface area contributed by atoms with Crippen molar-refractivity contribution in [2.24, 2.45) is 5.41 Å². The van der Waals surface area contributed by atoms with Crippen molar-refractivity contribution in [3.8, 4) is 0 Å². The molecule has 76 valence electrons. The van der Waals surface area contributed by atoms with Crippen molar-refractivity contribution < 1.29 is 4.79 Å². The molecule has 0 unspecified atom stereocenters. The summed E-state index contributed by atoms with van der Waals surface area (Å²) in [4.78, 5) is 12.6. The number of hydrogen-bond donors (Lipinski definition) is 0. The summed E-state index contributed by atoms with van der Waals surface area (Å²) >= 11 is 0. The van der Waals surface area contributed by atoms with E-state index < -0.39 is 0 Å². The lowest BCUT2D eigenvalue weighted by atomic mass is 9.74. The minimum atomic E-state index is 0.583. The van der Waals surface area contributed by atoms with E-state index >= 15 is 0 Å². The van der Waals surface area contributed by atoms with Gasteiger partial charge in [0, 0.05) is 0 Å². The highest BCUT2D eigenvalue weighted by atomic mass is 16.1. The topological polar surface area (TPSA) is 20.3 Å². The van der Waals surface area contributed by atoms with E-state index in [4.69, 9.17) is 0 Å². The Kier molecular flexibility index (Phi) is 3.91. The maximum Gasteiger partial charge on any atom is 0.133 e. The van der Waals surface area contributed by atoms with Gasteiger partial charge in [0.25, 0.3) is 0 Å². The fraction of sp³-hybridized carbons (Fsp3) is 0.909. The third kappa shape index (κ3) is 2.53. The van der Waals surface area contributed by atoms with Crippen molar-refractivity contribution in [2.75, 3.05) is 19.6 Å². The first-order valence-electron chi connectivity index (χ1n) is 5.42. The Balaban J connectivity index is 2.40. The molecule has 13 heavy (non-hydrogen) atoms. The lowest BCUT2D eigenvalue weighted by molar-refractivity contribution is -0.109. The average Bonchev–Trinajstić information content (AvgIpc) is 2.20. The Labute approximate surface area is 81.3 Å². The van der Waals surface area contributed by atoms with E-state index in [2.05, 4.69) is 18.7 Å². The van der Waals surface area contributed by atoms with Crippen molar-refractivity contribution in [1.29, 1.82) is 0 Å². The van der Waals surface area contributed by atoms with Crippen LogP contribution in [0.15, 0.2) is 0 Å². The maximum absolute atomic E-state index is 10.3. The summed E-state index contributed by atoms with van der Waals surface area (Å²) in [5, 5.41) is 0. The van der Waals surface area contributed by atoms with Crippen LogP contribution in [0.2, 0.25) is 0 Å². The van der Waals surface area contributed by atoms with Gasteiger partial charge >= 0.3 is 0 Å². The van der Waals surface area contributed by atoms with Gasteiger partial charge in [-0.15, -0.1) is 0 Å². The molecule has 0 aromatic carbocycles. The zero-order chi connectivity index (χ0) is 9.73. The van der Waals surface area contributed by atoms with Gasteiger partial charge in [-0.2, -0.15) is 0 Å². The maximum atomic E-state index is 10.3. The number of likely N-dealkylation sites (tertiary alicyclic amines) is 1. The van der Waals surface area contributed by atoms with Gasteiger partial charge in [0.15, 0.2) is 0 Å². The predicted octanol–water partition coefficient (Wildman–Crippen LogP) is 2.09. The quantitative estimate of drug-likeness (QED) is 0.622. The molecule has 1 fully saturated rings. The van der Waals surface area contributed by atoms with E-state index in [0.29, 0.717) is 12.0 Å². The molecule has 1 aliphatic heterocycles. The molecule has 0 atom stereocenters. The van der Waals surface area contributed by atoms with Gasteiger partial charge in [0.05, 0.1) is 6.54 Å². The molecule has 0 N–H and O–H groups in total. The molecule has 1 heterocycles. The first kappa shape index (κ1) is 10.7. The number of carbonyl (C=O) groups is 1. The Morgan fingerprint density at radius 1 is 1.23 bits per heavy atom. The lowest BCUT2D eigenvalue weighted by Crippen LogP contribution is -2.40. The molecule has 0 saturated carbocycles. The fourth-order valence-corrected chi connectivity index (χ4v) is 2.27. The molecule has 1 saturated heterocycles. The normalized spacial score (nSPS) is 22.9. The van der Waals surface area contributed by atoms with Gasteiger partial charge in [-0.25, -0.2) is 0 Å². The van der Waals surface area contributed by atoms with Crippen molar-refractivity contribution in [3.63, 3.8) is 0 Å². The first-order chi connectivity index (χ1) is 6.26. The second-order valence-corrected chi connectivity index (χ2v) is 4.17. The molecule has 2 heteroatoms. The van der Waals surface area contributed by atoms with E-state index in [0.717, 1.165) is 19.4 Å². The van der Waals surface area contributed by atoms with Crippen LogP contribution in [0.4, 0.5) is 0 Å². The molecule has 0 aromatic heterocycles. The van der Waals surface area contributed by atoms with Crippen molar-refractivity contribution in [1.82, 2.24) is 4.90 Å². The highest BCUT2D eigenvalue weighted by Gasteiger charge is 2.30. The van der Waals surface area contributed by atoms with Gasteiger partial charge in [-0.3, -0.25) is 4.90 Å². The number of nitrogens with zero attached hydrogens (tertiary/aromatic N) is 1. The minimum Gasteiger partial charge on any atom is -0.302 e. The van der Waals surface area contributed by atoms with Crippen LogP contribution in [0.1, 0.15) is 39.5 Å².